The smallest absolute Gasteiger partial charge is 0.137 e. The van der Waals surface area contributed by atoms with Gasteiger partial charge in [0.15, 0.2) is 0 Å². The molecule has 0 amide bonds. The molecular formula is C18H19N2O3-. The first-order valence-corrected chi connectivity index (χ1v) is 7.82. The first-order chi connectivity index (χ1) is 11.1. The number of hydrogen-bond acceptors (Lipinski definition) is 5. The summed E-state index contributed by atoms with van der Waals surface area (Å²) < 4.78 is 6.15. The minimum Gasteiger partial charge on any atom is -0.762 e. The predicted octanol–water partition coefficient (Wildman–Crippen LogP) is 3.63. The molecule has 2 bridgehead atoms. The highest BCUT2D eigenvalue weighted by molar-refractivity contribution is 5.56. The molecule has 4 rings (SSSR count). The average molecular weight is 311 g/mol. The van der Waals surface area contributed by atoms with Crippen LogP contribution in [0, 0.1) is 5.21 Å². The van der Waals surface area contributed by atoms with E-state index in [-0.39, 0.29) is 11.1 Å². The van der Waals surface area contributed by atoms with E-state index < -0.39 is 17.9 Å². The van der Waals surface area contributed by atoms with E-state index in [1.807, 2.05) is 61.5 Å². The first kappa shape index (κ1) is 14.7. The van der Waals surface area contributed by atoms with Gasteiger partial charge in [-0.25, -0.2) is 0 Å². The number of benzene rings is 2. The van der Waals surface area contributed by atoms with Crippen molar-refractivity contribution in [2.75, 3.05) is 5.32 Å². The number of nitrogens with one attached hydrogen (secondary N) is 1. The molecule has 0 radical (unpaired) electrons. The zero-order chi connectivity index (χ0) is 16.0. The summed E-state index contributed by atoms with van der Waals surface area (Å²) in [5, 5.41) is 25.3. The Morgan fingerprint density at radius 3 is 2.61 bits per heavy atom. The molecule has 4 atom stereocenters. The van der Waals surface area contributed by atoms with Crippen molar-refractivity contribution in [2.24, 2.45) is 0 Å². The predicted molar refractivity (Wildman–Crippen MR) is 86.9 cm³/mol. The Balaban J connectivity index is 1.83. The van der Waals surface area contributed by atoms with Crippen molar-refractivity contribution in [1.29, 1.82) is 0 Å². The number of nitrogens with zero attached hydrogens (tertiary/aromatic N) is 1. The summed E-state index contributed by atoms with van der Waals surface area (Å²) in [6, 6.07) is 17.0. The number of rotatable bonds is 2. The van der Waals surface area contributed by atoms with Crippen molar-refractivity contribution < 1.29 is 9.94 Å². The lowest BCUT2D eigenvalue weighted by Gasteiger charge is -2.54. The standard InChI is InChI=1S/C18H19N2O3/c1-18-11-14(12-7-3-2-4-8-12)16(20(21)22)17(23-18)13-9-5-6-10-15(13)19-18/h2-10,14,16-17,19,21H,11H2,1H3/q-1/t14-,16+,17-,18-/m1/s1. The second kappa shape index (κ2) is 5.32. The van der Waals surface area contributed by atoms with E-state index in [2.05, 4.69) is 5.32 Å². The van der Waals surface area contributed by atoms with Crippen LogP contribution < -0.4 is 5.32 Å². The van der Waals surface area contributed by atoms with E-state index in [0.717, 1.165) is 16.8 Å². The third kappa shape index (κ3) is 2.42. The summed E-state index contributed by atoms with van der Waals surface area (Å²) in [4.78, 5) is 0. The molecular weight excluding hydrogens is 292 g/mol. The van der Waals surface area contributed by atoms with E-state index in [9.17, 15) is 10.4 Å². The third-order valence-corrected chi connectivity index (χ3v) is 4.87. The van der Waals surface area contributed by atoms with E-state index in [1.165, 1.54) is 0 Å². The maximum absolute atomic E-state index is 12.0. The zero-order valence-corrected chi connectivity index (χ0v) is 12.8. The van der Waals surface area contributed by atoms with Gasteiger partial charge in [-0.1, -0.05) is 48.5 Å². The van der Waals surface area contributed by atoms with E-state index in [0.29, 0.717) is 6.42 Å². The molecule has 120 valence electrons. The molecule has 2 aliphatic heterocycles. The Hall–Kier alpha value is -1.92. The van der Waals surface area contributed by atoms with Crippen LogP contribution in [0.15, 0.2) is 54.6 Å². The molecule has 2 aromatic carbocycles. The van der Waals surface area contributed by atoms with Crippen LogP contribution >= 0.6 is 0 Å². The zero-order valence-electron chi connectivity index (χ0n) is 12.8. The Morgan fingerprint density at radius 1 is 1.17 bits per heavy atom. The van der Waals surface area contributed by atoms with Crippen LogP contribution in [0.25, 0.3) is 0 Å². The van der Waals surface area contributed by atoms with Crippen molar-refractivity contribution in [1.82, 2.24) is 5.23 Å². The molecule has 2 N–H and O–H groups in total. The van der Waals surface area contributed by atoms with Gasteiger partial charge in [-0.15, -0.1) is 0 Å². The van der Waals surface area contributed by atoms with Gasteiger partial charge < -0.3 is 20.5 Å². The van der Waals surface area contributed by atoms with Gasteiger partial charge in [-0.3, -0.25) is 5.23 Å². The summed E-state index contributed by atoms with van der Waals surface area (Å²) in [7, 11) is 0. The van der Waals surface area contributed by atoms with Crippen LogP contribution in [0.1, 0.15) is 36.5 Å². The number of fused-ring (bicyclic) bond motifs is 4. The fourth-order valence-corrected chi connectivity index (χ4v) is 3.91. The molecule has 0 saturated carbocycles. The fraction of sp³-hybridized carbons (Fsp3) is 0.333. The molecule has 0 aliphatic carbocycles. The number of hydrogen-bond donors (Lipinski definition) is 2. The molecule has 1 saturated heterocycles. The third-order valence-electron chi connectivity index (χ3n) is 4.87. The highest BCUT2D eigenvalue weighted by Gasteiger charge is 2.49. The van der Waals surface area contributed by atoms with Crippen molar-refractivity contribution >= 4 is 5.69 Å². The molecule has 2 heterocycles. The normalized spacial score (nSPS) is 32.3. The van der Waals surface area contributed by atoms with Crippen LogP contribution in [-0.4, -0.2) is 22.2 Å². The first-order valence-electron chi connectivity index (χ1n) is 7.82. The van der Waals surface area contributed by atoms with Crippen LogP contribution in [0.4, 0.5) is 5.69 Å². The SMILES string of the molecule is C[C@]12C[C@H](c3ccccc3)[C@H](N([O-])O)[C@H](O1)c1ccccc1N2. The number of para-hydroxylation sites is 1. The van der Waals surface area contributed by atoms with Crippen LogP contribution in [-0.2, 0) is 4.74 Å². The highest BCUT2D eigenvalue weighted by atomic mass is 16.8. The van der Waals surface area contributed by atoms with Crippen LogP contribution in [0.3, 0.4) is 0 Å². The second-order valence-electron chi connectivity index (χ2n) is 6.50. The molecule has 5 heteroatoms. The number of hydroxylamine groups is 2. The maximum Gasteiger partial charge on any atom is 0.137 e. The number of ether oxygens (including phenoxy) is 1. The Bertz CT molecular complexity index is 706. The lowest BCUT2D eigenvalue weighted by Crippen LogP contribution is -2.56. The van der Waals surface area contributed by atoms with E-state index >= 15 is 0 Å². The van der Waals surface area contributed by atoms with Crippen molar-refractivity contribution in [2.45, 2.75) is 37.1 Å². The molecule has 0 unspecified atom stereocenters. The Morgan fingerprint density at radius 2 is 1.87 bits per heavy atom. The topological polar surface area (TPSA) is 67.8 Å². The molecule has 2 aromatic rings. The summed E-state index contributed by atoms with van der Waals surface area (Å²) in [5.41, 5.74) is 2.34. The van der Waals surface area contributed by atoms with Crippen molar-refractivity contribution in [3.8, 4) is 0 Å². The van der Waals surface area contributed by atoms with E-state index in [1.54, 1.807) is 0 Å². The van der Waals surface area contributed by atoms with Gasteiger partial charge in [0, 0.05) is 23.6 Å². The molecule has 23 heavy (non-hydrogen) atoms. The lowest BCUT2D eigenvalue weighted by molar-refractivity contribution is -0.205. The summed E-state index contributed by atoms with van der Waals surface area (Å²) in [5.74, 6) is -0.122. The molecule has 1 fully saturated rings. The second-order valence-corrected chi connectivity index (χ2v) is 6.50. The Labute approximate surface area is 135 Å². The van der Waals surface area contributed by atoms with Crippen molar-refractivity contribution in [3.05, 3.63) is 70.9 Å². The molecule has 0 spiro atoms. The van der Waals surface area contributed by atoms with Crippen LogP contribution in [0.2, 0.25) is 0 Å². The monoisotopic (exact) mass is 311 g/mol. The summed E-state index contributed by atoms with van der Waals surface area (Å²) >= 11 is 0. The maximum atomic E-state index is 12.0. The van der Waals surface area contributed by atoms with Gasteiger partial charge in [0.05, 0.1) is 6.04 Å². The van der Waals surface area contributed by atoms with Gasteiger partial charge in [-0.2, -0.15) is 0 Å². The minimum absolute atomic E-state index is 0.0734. The van der Waals surface area contributed by atoms with Gasteiger partial charge >= 0.3 is 0 Å². The van der Waals surface area contributed by atoms with Crippen LogP contribution in [0.5, 0.6) is 0 Å². The minimum atomic E-state index is -0.672. The van der Waals surface area contributed by atoms with E-state index in [4.69, 9.17) is 4.74 Å². The fourth-order valence-electron chi connectivity index (χ4n) is 3.91. The Kier molecular flexibility index (Phi) is 3.39. The van der Waals surface area contributed by atoms with Gasteiger partial charge in [-0.05, 0) is 18.6 Å². The van der Waals surface area contributed by atoms with Crippen molar-refractivity contribution in [3.63, 3.8) is 0 Å². The quantitative estimate of drug-likeness (QED) is 0.829. The summed E-state index contributed by atoms with van der Waals surface area (Å²) in [6.07, 6.45) is 0.130. The highest BCUT2D eigenvalue weighted by Crippen LogP contribution is 2.51. The molecule has 2 aliphatic rings. The largest absolute Gasteiger partial charge is 0.762 e. The average Bonchev–Trinajstić information content (AvgIpc) is 2.54. The number of anilines is 1. The molecule has 0 aromatic heterocycles. The van der Waals surface area contributed by atoms with Gasteiger partial charge in [0.1, 0.15) is 11.8 Å². The van der Waals surface area contributed by atoms with Gasteiger partial charge in [0.25, 0.3) is 0 Å². The van der Waals surface area contributed by atoms with Gasteiger partial charge in [0.2, 0.25) is 0 Å². The molecule has 5 nitrogen and oxygen atoms in total. The summed E-state index contributed by atoms with van der Waals surface area (Å²) in [6.45, 7) is 1.99. The lowest BCUT2D eigenvalue weighted by atomic mass is 9.76.